The second-order valence-corrected chi connectivity index (χ2v) is 5.99. The smallest absolute Gasteiger partial charge is 0.347 e. The lowest BCUT2D eigenvalue weighted by Gasteiger charge is -2.09. The number of aromatic amines is 1. The third-order valence-electron chi connectivity index (χ3n) is 4.58. The Kier molecular flexibility index (Phi) is 2.90. The lowest BCUT2D eigenvalue weighted by molar-refractivity contribution is -0.118. The lowest BCUT2D eigenvalue weighted by atomic mass is 10.0. The number of hydrogen-bond donors (Lipinski definition) is 2. The maximum atomic E-state index is 12.3. The molecule has 22 heavy (non-hydrogen) atoms. The number of carbonyl (C=O) groups excluding carboxylic acids is 1. The minimum Gasteiger partial charge on any atom is -0.381 e. The van der Waals surface area contributed by atoms with Gasteiger partial charge in [0.1, 0.15) is 6.33 Å². The Morgan fingerprint density at radius 3 is 3.14 bits per heavy atom. The molecule has 0 bridgehead atoms. The van der Waals surface area contributed by atoms with Gasteiger partial charge in [-0.15, -0.1) is 0 Å². The van der Waals surface area contributed by atoms with Crippen LogP contribution < -0.4 is 11.0 Å². The van der Waals surface area contributed by atoms with Crippen molar-refractivity contribution in [3.05, 3.63) is 41.1 Å². The SMILES string of the molecule is O=C(Nc1cccc(-n2cn[nH]c2=O)c1)C1CC12CCOC2. The third kappa shape index (κ3) is 2.14. The molecule has 114 valence electrons. The van der Waals surface area contributed by atoms with Crippen molar-refractivity contribution < 1.29 is 9.53 Å². The van der Waals surface area contributed by atoms with Crippen LogP contribution in [0.25, 0.3) is 5.69 Å². The molecule has 1 aromatic carbocycles. The average Bonchev–Trinajstić information content (AvgIpc) is 2.83. The van der Waals surface area contributed by atoms with E-state index in [0.717, 1.165) is 19.4 Å². The normalized spacial score (nSPS) is 26.3. The molecule has 2 fully saturated rings. The van der Waals surface area contributed by atoms with Gasteiger partial charge in [0.05, 0.1) is 12.3 Å². The Labute approximate surface area is 126 Å². The van der Waals surface area contributed by atoms with E-state index in [-0.39, 0.29) is 22.9 Å². The fourth-order valence-electron chi connectivity index (χ4n) is 3.17. The van der Waals surface area contributed by atoms with Crippen molar-refractivity contribution in [3.8, 4) is 5.69 Å². The molecular weight excluding hydrogens is 284 g/mol. The molecule has 7 nitrogen and oxygen atoms in total. The summed E-state index contributed by atoms with van der Waals surface area (Å²) in [5.74, 6) is 0.0671. The van der Waals surface area contributed by atoms with Crippen LogP contribution in [-0.4, -0.2) is 33.9 Å². The maximum absolute atomic E-state index is 12.3. The zero-order valence-electron chi connectivity index (χ0n) is 11.9. The van der Waals surface area contributed by atoms with Gasteiger partial charge in [0, 0.05) is 23.6 Å². The number of carbonyl (C=O) groups is 1. The highest BCUT2D eigenvalue weighted by atomic mass is 16.5. The van der Waals surface area contributed by atoms with Crippen molar-refractivity contribution in [2.24, 2.45) is 11.3 Å². The number of ether oxygens (including phenoxy) is 1. The molecule has 2 aromatic rings. The minimum absolute atomic E-state index is 0.0298. The predicted octanol–water partition coefficient (Wildman–Crippen LogP) is 0.926. The van der Waals surface area contributed by atoms with Crippen LogP contribution in [0.5, 0.6) is 0 Å². The molecule has 1 aliphatic carbocycles. The fraction of sp³-hybridized carbons (Fsp3) is 0.400. The van der Waals surface area contributed by atoms with Gasteiger partial charge in [-0.05, 0) is 31.0 Å². The molecule has 2 N–H and O–H groups in total. The Bertz CT molecular complexity index is 773. The van der Waals surface area contributed by atoms with Gasteiger partial charge in [0.2, 0.25) is 5.91 Å². The second kappa shape index (κ2) is 4.81. The summed E-state index contributed by atoms with van der Waals surface area (Å²) in [4.78, 5) is 23.9. The highest BCUT2D eigenvalue weighted by Crippen LogP contribution is 2.58. The molecule has 0 radical (unpaired) electrons. The maximum Gasteiger partial charge on any atom is 0.347 e. The van der Waals surface area contributed by atoms with Crippen LogP contribution in [0.2, 0.25) is 0 Å². The largest absolute Gasteiger partial charge is 0.381 e. The summed E-state index contributed by atoms with van der Waals surface area (Å²) in [7, 11) is 0. The number of amides is 1. The van der Waals surface area contributed by atoms with Crippen molar-refractivity contribution in [1.29, 1.82) is 0 Å². The molecule has 2 aliphatic rings. The number of aromatic nitrogens is 3. The molecule has 1 saturated carbocycles. The molecule has 4 rings (SSSR count). The van der Waals surface area contributed by atoms with Crippen LogP contribution in [0.15, 0.2) is 35.4 Å². The van der Waals surface area contributed by atoms with Crippen molar-refractivity contribution in [2.45, 2.75) is 12.8 Å². The quantitative estimate of drug-likeness (QED) is 0.882. The summed E-state index contributed by atoms with van der Waals surface area (Å²) >= 11 is 0. The number of anilines is 1. The van der Waals surface area contributed by atoms with Crippen LogP contribution in [0, 0.1) is 11.3 Å². The summed E-state index contributed by atoms with van der Waals surface area (Å²) in [6, 6.07) is 7.16. The first-order chi connectivity index (χ1) is 10.7. The Hall–Kier alpha value is -2.41. The Morgan fingerprint density at radius 2 is 2.41 bits per heavy atom. The fourth-order valence-corrected chi connectivity index (χ4v) is 3.17. The van der Waals surface area contributed by atoms with Crippen molar-refractivity contribution in [2.75, 3.05) is 18.5 Å². The van der Waals surface area contributed by atoms with E-state index < -0.39 is 0 Å². The van der Waals surface area contributed by atoms with Crippen LogP contribution in [0.1, 0.15) is 12.8 Å². The summed E-state index contributed by atoms with van der Waals surface area (Å²) in [6.07, 6.45) is 3.28. The molecule has 1 spiro atoms. The van der Waals surface area contributed by atoms with E-state index in [1.165, 1.54) is 10.9 Å². The summed E-state index contributed by atoms with van der Waals surface area (Å²) in [5.41, 5.74) is 1.10. The van der Waals surface area contributed by atoms with Crippen LogP contribution in [0.4, 0.5) is 5.69 Å². The number of H-pyrrole nitrogens is 1. The monoisotopic (exact) mass is 300 g/mol. The highest BCUT2D eigenvalue weighted by molar-refractivity contribution is 5.95. The van der Waals surface area contributed by atoms with Gasteiger partial charge in [-0.3, -0.25) is 4.79 Å². The van der Waals surface area contributed by atoms with Gasteiger partial charge in [0.25, 0.3) is 0 Å². The van der Waals surface area contributed by atoms with E-state index in [1.54, 1.807) is 18.2 Å². The van der Waals surface area contributed by atoms with E-state index in [0.29, 0.717) is 18.0 Å². The van der Waals surface area contributed by atoms with E-state index in [1.807, 2.05) is 6.07 Å². The predicted molar refractivity (Wildman–Crippen MR) is 78.8 cm³/mol. The second-order valence-electron chi connectivity index (χ2n) is 5.99. The number of nitrogens with one attached hydrogen (secondary N) is 2. The van der Waals surface area contributed by atoms with Crippen molar-refractivity contribution in [3.63, 3.8) is 0 Å². The first-order valence-corrected chi connectivity index (χ1v) is 7.29. The van der Waals surface area contributed by atoms with Crippen molar-refractivity contribution >= 4 is 11.6 Å². The molecular formula is C15H16N4O3. The summed E-state index contributed by atoms with van der Waals surface area (Å²) in [6.45, 7) is 1.44. The Morgan fingerprint density at radius 1 is 1.50 bits per heavy atom. The topological polar surface area (TPSA) is 89.0 Å². The number of hydrogen-bond acceptors (Lipinski definition) is 4. The number of nitrogens with zero attached hydrogens (tertiary/aromatic N) is 2. The zero-order chi connectivity index (χ0) is 15.2. The first-order valence-electron chi connectivity index (χ1n) is 7.29. The summed E-state index contributed by atoms with van der Waals surface area (Å²) < 4.78 is 6.79. The van der Waals surface area contributed by atoms with Crippen molar-refractivity contribution in [1.82, 2.24) is 14.8 Å². The molecule has 1 saturated heterocycles. The van der Waals surface area contributed by atoms with Crippen LogP contribution in [-0.2, 0) is 9.53 Å². The van der Waals surface area contributed by atoms with Gasteiger partial charge in [-0.2, -0.15) is 5.10 Å². The molecule has 1 amide bonds. The van der Waals surface area contributed by atoms with E-state index in [9.17, 15) is 9.59 Å². The van der Waals surface area contributed by atoms with E-state index in [4.69, 9.17) is 4.74 Å². The summed E-state index contributed by atoms with van der Waals surface area (Å²) in [5, 5.41) is 8.98. The van der Waals surface area contributed by atoms with Gasteiger partial charge >= 0.3 is 5.69 Å². The number of rotatable bonds is 3. The van der Waals surface area contributed by atoms with E-state index >= 15 is 0 Å². The molecule has 2 unspecified atom stereocenters. The van der Waals surface area contributed by atoms with Crippen LogP contribution >= 0.6 is 0 Å². The zero-order valence-corrected chi connectivity index (χ0v) is 11.9. The van der Waals surface area contributed by atoms with Gasteiger partial charge in [-0.25, -0.2) is 14.5 Å². The van der Waals surface area contributed by atoms with Crippen LogP contribution in [0.3, 0.4) is 0 Å². The number of benzene rings is 1. The van der Waals surface area contributed by atoms with E-state index in [2.05, 4.69) is 15.5 Å². The van der Waals surface area contributed by atoms with Gasteiger partial charge in [-0.1, -0.05) is 6.07 Å². The third-order valence-corrected chi connectivity index (χ3v) is 4.58. The molecule has 7 heteroatoms. The average molecular weight is 300 g/mol. The standard InChI is InChI=1S/C15H16N4O3/c20-13(12-7-15(12)4-5-22-8-15)17-10-2-1-3-11(6-10)19-9-16-18-14(19)21/h1-3,6,9,12H,4-5,7-8H2,(H,17,20)(H,18,21). The van der Waals surface area contributed by atoms with Gasteiger partial charge in [0.15, 0.2) is 0 Å². The van der Waals surface area contributed by atoms with Gasteiger partial charge < -0.3 is 10.1 Å². The molecule has 2 heterocycles. The Balaban J connectivity index is 1.51. The molecule has 1 aliphatic heterocycles. The lowest BCUT2D eigenvalue weighted by Crippen LogP contribution is -2.19. The first kappa shape index (κ1) is 13.3. The molecule has 2 atom stereocenters. The highest BCUT2D eigenvalue weighted by Gasteiger charge is 2.59. The molecule has 1 aromatic heterocycles. The minimum atomic E-state index is -0.312.